The zero-order chi connectivity index (χ0) is 34.8. The fourth-order valence-corrected chi connectivity index (χ4v) is 5.73. The summed E-state index contributed by atoms with van der Waals surface area (Å²) in [6, 6.07) is 0. The molecule has 0 N–H and O–H groups in total. The fraction of sp³-hybridized carbons (Fsp3) is 0.605. The molecular formula is C38H53BF2N2O4. The number of hydrogen-bond donors (Lipinski definition) is 0. The van der Waals surface area contributed by atoms with Crippen LogP contribution < -0.4 is 0 Å². The minimum absolute atomic E-state index is 0.170. The second-order valence-electron chi connectivity index (χ2n) is 12.0. The Bertz CT molecular complexity index is 1450. The Hall–Kier alpha value is -3.59. The molecule has 2 rings (SSSR count). The third-order valence-electron chi connectivity index (χ3n) is 8.18. The highest BCUT2D eigenvalue weighted by molar-refractivity contribution is 6.41. The van der Waals surface area contributed by atoms with Crippen LogP contribution in [-0.4, -0.2) is 42.7 Å². The maximum atomic E-state index is 14.8. The van der Waals surface area contributed by atoms with Crippen LogP contribution in [0.25, 0.3) is 5.57 Å². The first kappa shape index (κ1) is 39.6. The highest BCUT2D eigenvalue weighted by Gasteiger charge is 2.31. The first-order valence-corrected chi connectivity index (χ1v) is 17.4. The van der Waals surface area contributed by atoms with Gasteiger partial charge in [0.1, 0.15) is 13.2 Å². The summed E-state index contributed by atoms with van der Waals surface area (Å²) < 4.78 is 41.2. The smallest absolute Gasteiger partial charge is 0.465 e. The summed E-state index contributed by atoms with van der Waals surface area (Å²) in [6.07, 6.45) is 11.3. The number of esters is 2. The number of allylic oxidation sites excluding steroid dienone is 3. The minimum Gasteiger partial charge on any atom is -0.465 e. The van der Waals surface area contributed by atoms with E-state index in [-0.39, 0.29) is 25.2 Å². The lowest BCUT2D eigenvalue weighted by molar-refractivity contribution is -0.144. The van der Waals surface area contributed by atoms with Crippen molar-refractivity contribution in [3.63, 3.8) is 0 Å². The summed E-state index contributed by atoms with van der Waals surface area (Å²) in [5.41, 5.74) is 5.97. The van der Waals surface area contributed by atoms with Gasteiger partial charge in [0, 0.05) is 48.2 Å². The molecule has 0 amide bonds. The molecule has 0 saturated heterocycles. The summed E-state index contributed by atoms with van der Waals surface area (Å²) >= 11 is 0. The number of ether oxygens (including phenoxy) is 2. The van der Waals surface area contributed by atoms with E-state index in [2.05, 4.69) is 30.6 Å². The number of aromatic nitrogens is 1. The van der Waals surface area contributed by atoms with Crippen molar-refractivity contribution in [1.29, 1.82) is 0 Å². The van der Waals surface area contributed by atoms with Gasteiger partial charge in [0.05, 0.1) is 17.0 Å². The van der Waals surface area contributed by atoms with Crippen molar-refractivity contribution in [3.05, 3.63) is 39.4 Å². The van der Waals surface area contributed by atoms with E-state index in [0.717, 1.165) is 52.6 Å². The zero-order valence-corrected chi connectivity index (χ0v) is 29.7. The van der Waals surface area contributed by atoms with Crippen LogP contribution in [0.3, 0.4) is 0 Å². The van der Waals surface area contributed by atoms with Crippen LogP contribution in [0.5, 0.6) is 0 Å². The molecule has 2 heterocycles. The third kappa shape index (κ3) is 12.2. The Morgan fingerprint density at radius 2 is 1.32 bits per heavy atom. The molecule has 0 atom stereocenters. The van der Waals surface area contributed by atoms with E-state index in [9.17, 15) is 18.2 Å². The Morgan fingerprint density at radius 1 is 0.766 bits per heavy atom. The molecule has 1 aliphatic heterocycles. The number of unbranched alkanes of at least 4 members (excludes halogenated alkanes) is 6. The van der Waals surface area contributed by atoms with Crippen LogP contribution in [-0.2, 0) is 19.1 Å². The molecule has 1 aliphatic rings. The topological polar surface area (TPSA) is 69.9 Å². The number of rotatable bonds is 18. The van der Waals surface area contributed by atoms with E-state index in [0.29, 0.717) is 66.7 Å². The average molecular weight is 651 g/mol. The van der Waals surface area contributed by atoms with Gasteiger partial charge < -0.3 is 14.0 Å². The number of halogens is 2. The van der Waals surface area contributed by atoms with E-state index in [1.54, 1.807) is 6.92 Å². The molecule has 47 heavy (non-hydrogen) atoms. The van der Waals surface area contributed by atoms with Gasteiger partial charge in [0.2, 0.25) is 0 Å². The third-order valence-corrected chi connectivity index (χ3v) is 8.18. The van der Waals surface area contributed by atoms with Gasteiger partial charge in [-0.05, 0) is 64.5 Å². The fourth-order valence-electron chi connectivity index (χ4n) is 5.73. The molecule has 0 aliphatic carbocycles. The zero-order valence-electron chi connectivity index (χ0n) is 29.7. The second kappa shape index (κ2) is 21.3. The molecular weight excluding hydrogens is 597 g/mol. The maximum absolute atomic E-state index is 14.8. The van der Waals surface area contributed by atoms with Gasteiger partial charge in [-0.25, -0.2) is 0 Å². The summed E-state index contributed by atoms with van der Waals surface area (Å²) in [5, 5.41) is 0. The molecule has 0 fully saturated rings. The number of carbonyl (C=O) groups excluding carboxylic acids is 2. The van der Waals surface area contributed by atoms with Crippen molar-refractivity contribution in [2.45, 2.75) is 138 Å². The first-order valence-electron chi connectivity index (χ1n) is 17.4. The number of carbonyl (C=O) groups is 2. The molecule has 0 saturated carbocycles. The quantitative estimate of drug-likeness (QED) is 0.0687. The summed E-state index contributed by atoms with van der Waals surface area (Å²) in [6.45, 7) is 13.8. The van der Waals surface area contributed by atoms with Crippen molar-refractivity contribution in [2.24, 2.45) is 4.99 Å². The molecule has 0 radical (unpaired) electrons. The molecule has 1 aromatic rings. The Kier molecular flexibility index (Phi) is 18.0. The SMILES string of the molecule is CCCCCCCCC/C(=C1/N=C(C)C(C#CCCOC(=O)CCC)=C1C)c1c(C)c(C#CCCOC(=O)CCC)c(C)n1B(F)F. The van der Waals surface area contributed by atoms with Gasteiger partial charge in [0.15, 0.2) is 0 Å². The lowest BCUT2D eigenvalue weighted by Gasteiger charge is -2.16. The van der Waals surface area contributed by atoms with Crippen molar-refractivity contribution in [3.8, 4) is 23.7 Å². The predicted octanol–water partition coefficient (Wildman–Crippen LogP) is 9.34. The lowest BCUT2D eigenvalue weighted by Crippen LogP contribution is -2.18. The molecule has 6 nitrogen and oxygen atoms in total. The van der Waals surface area contributed by atoms with Crippen LogP contribution in [0, 0.1) is 37.5 Å². The van der Waals surface area contributed by atoms with E-state index in [1.165, 1.54) is 25.7 Å². The normalized spacial score (nSPS) is 13.4. The van der Waals surface area contributed by atoms with Gasteiger partial charge in [0.25, 0.3) is 0 Å². The standard InChI is InChI=1S/C38H53BF2N2O4/c1-8-11-12-13-14-15-16-25-34(37-28(4)32(30(6)42-37)23-17-19-26-46-35(44)21-9-2)38-29(5)33(31(7)43(38)39(40)41)24-18-20-27-47-36(45)22-10-3/h8-16,19-22,25-27H2,1-7H3/b37-34-. The number of aliphatic imine (C=N–C) groups is 1. The van der Waals surface area contributed by atoms with Gasteiger partial charge >= 0.3 is 19.3 Å². The van der Waals surface area contributed by atoms with Gasteiger partial charge in [-0.3, -0.25) is 23.2 Å². The highest BCUT2D eigenvalue weighted by Crippen LogP contribution is 2.39. The van der Waals surface area contributed by atoms with Gasteiger partial charge in [-0.15, -0.1) is 0 Å². The largest absolute Gasteiger partial charge is 0.677 e. The van der Waals surface area contributed by atoms with Crippen molar-refractivity contribution in [2.75, 3.05) is 13.2 Å². The van der Waals surface area contributed by atoms with Crippen molar-refractivity contribution >= 4 is 30.6 Å². The Balaban J connectivity index is 2.50. The number of hydrogen-bond acceptors (Lipinski definition) is 5. The molecule has 256 valence electrons. The lowest BCUT2D eigenvalue weighted by atomic mass is 9.94. The minimum atomic E-state index is -2.76. The van der Waals surface area contributed by atoms with Gasteiger partial charge in [-0.2, -0.15) is 0 Å². The van der Waals surface area contributed by atoms with Crippen molar-refractivity contribution < 1.29 is 27.7 Å². The molecule has 0 unspecified atom stereocenters. The van der Waals surface area contributed by atoms with Crippen LogP contribution >= 0.6 is 0 Å². The maximum Gasteiger partial charge on any atom is 0.677 e. The van der Waals surface area contributed by atoms with Crippen molar-refractivity contribution in [1.82, 2.24) is 4.48 Å². The van der Waals surface area contributed by atoms with E-state index >= 15 is 0 Å². The van der Waals surface area contributed by atoms with Crippen LogP contribution in [0.2, 0.25) is 0 Å². The summed E-state index contributed by atoms with van der Waals surface area (Å²) in [5.74, 6) is 11.9. The van der Waals surface area contributed by atoms with E-state index in [1.807, 2.05) is 34.6 Å². The van der Waals surface area contributed by atoms with Crippen LogP contribution in [0.4, 0.5) is 8.63 Å². The van der Waals surface area contributed by atoms with Crippen LogP contribution in [0.1, 0.15) is 147 Å². The molecule has 0 bridgehead atoms. The second-order valence-corrected chi connectivity index (χ2v) is 12.0. The molecule has 0 spiro atoms. The predicted molar refractivity (Wildman–Crippen MR) is 188 cm³/mol. The molecule has 0 aromatic carbocycles. The van der Waals surface area contributed by atoms with Crippen LogP contribution in [0.15, 0.2) is 21.8 Å². The average Bonchev–Trinajstić information content (AvgIpc) is 3.44. The summed E-state index contributed by atoms with van der Waals surface area (Å²) in [7, 11) is -2.76. The molecule has 1 aromatic heterocycles. The van der Waals surface area contributed by atoms with E-state index < -0.39 is 7.40 Å². The Morgan fingerprint density at radius 3 is 1.87 bits per heavy atom. The highest BCUT2D eigenvalue weighted by atomic mass is 19.2. The van der Waals surface area contributed by atoms with Gasteiger partial charge in [-0.1, -0.05) is 83.0 Å². The monoisotopic (exact) mass is 650 g/mol. The number of nitrogens with zero attached hydrogens (tertiary/aromatic N) is 2. The summed E-state index contributed by atoms with van der Waals surface area (Å²) in [4.78, 5) is 28.3. The first-order chi connectivity index (χ1) is 22.6. The molecule has 9 heteroatoms. The van der Waals surface area contributed by atoms with E-state index in [4.69, 9.17) is 14.5 Å². The Labute approximate surface area is 282 Å².